The molecule has 0 aromatic carbocycles. The highest BCUT2D eigenvalue weighted by atomic mass is 32.1. The summed E-state index contributed by atoms with van der Waals surface area (Å²) in [6.45, 7) is 2.22. The first-order valence-corrected chi connectivity index (χ1v) is 6.41. The van der Waals surface area contributed by atoms with Gasteiger partial charge in [-0.1, -0.05) is 11.8 Å². The molecule has 0 aliphatic carbocycles. The van der Waals surface area contributed by atoms with Crippen LogP contribution < -0.4 is 11.1 Å². The summed E-state index contributed by atoms with van der Waals surface area (Å²) in [4.78, 5) is 13.5. The van der Waals surface area contributed by atoms with Gasteiger partial charge in [0.05, 0.1) is 16.3 Å². The molecule has 0 spiro atoms. The zero-order chi connectivity index (χ0) is 13.7. The maximum atomic E-state index is 12.0. The third-order valence-corrected chi connectivity index (χ3v) is 3.41. The van der Waals surface area contributed by atoms with Crippen LogP contribution in [0.25, 0.3) is 0 Å². The molecule has 0 saturated heterocycles. The summed E-state index contributed by atoms with van der Waals surface area (Å²) >= 11 is 1.34. The Bertz CT molecular complexity index is 640. The first kappa shape index (κ1) is 13.2. The molecule has 2 aromatic heterocycles. The van der Waals surface area contributed by atoms with E-state index in [1.165, 1.54) is 11.3 Å². The minimum absolute atomic E-state index is 0.214. The third kappa shape index (κ3) is 3.37. The van der Waals surface area contributed by atoms with E-state index in [2.05, 4.69) is 27.4 Å². The molecule has 6 heteroatoms. The molecule has 0 atom stereocenters. The molecule has 3 N–H and O–H groups in total. The van der Waals surface area contributed by atoms with Crippen molar-refractivity contribution < 1.29 is 4.79 Å². The van der Waals surface area contributed by atoms with Gasteiger partial charge in [0.25, 0.3) is 5.91 Å². The molecule has 1 amide bonds. The van der Waals surface area contributed by atoms with E-state index < -0.39 is 0 Å². The highest BCUT2D eigenvalue weighted by molar-refractivity contribution is 7.14. The van der Waals surface area contributed by atoms with Crippen LogP contribution in [0.3, 0.4) is 0 Å². The molecule has 2 heterocycles. The average Bonchev–Trinajstić information content (AvgIpc) is 2.79. The average molecular weight is 272 g/mol. The number of aryl methyl sites for hydroxylation is 1. The van der Waals surface area contributed by atoms with Crippen molar-refractivity contribution >= 4 is 23.1 Å². The van der Waals surface area contributed by atoms with E-state index in [1.54, 1.807) is 24.4 Å². The van der Waals surface area contributed by atoms with Crippen LogP contribution in [0.5, 0.6) is 0 Å². The van der Waals surface area contributed by atoms with Gasteiger partial charge in [-0.15, -0.1) is 16.4 Å². The maximum Gasteiger partial charge on any atom is 0.266 e. The number of rotatable bonds is 2. The molecule has 5 nitrogen and oxygen atoms in total. The first-order valence-electron chi connectivity index (χ1n) is 5.59. The Labute approximate surface area is 114 Å². The Balaban J connectivity index is 2.16. The van der Waals surface area contributed by atoms with Crippen molar-refractivity contribution in [2.75, 3.05) is 11.9 Å². The summed E-state index contributed by atoms with van der Waals surface area (Å²) in [7, 11) is 0. The highest BCUT2D eigenvalue weighted by Crippen LogP contribution is 2.21. The van der Waals surface area contributed by atoms with Gasteiger partial charge >= 0.3 is 0 Å². The number of hydrogen-bond acceptors (Lipinski definition) is 5. The largest absolute Gasteiger partial charge is 0.320 e. The standard InChI is InChI=1S/C13H12N4OS/c1-9-8-11(19-10(9)4-2-6-14)13(18)16-12-5-3-7-15-17-12/h3,5,7-8H,6,14H2,1H3,(H,16,17,18). The van der Waals surface area contributed by atoms with Gasteiger partial charge in [0.1, 0.15) is 0 Å². The summed E-state index contributed by atoms with van der Waals surface area (Å²) in [5.41, 5.74) is 6.30. The second-order valence-corrected chi connectivity index (χ2v) is 4.74. The van der Waals surface area contributed by atoms with Crippen LogP contribution >= 0.6 is 11.3 Å². The molecular weight excluding hydrogens is 260 g/mol. The predicted octanol–water partition coefficient (Wildman–Crippen LogP) is 1.41. The number of carbonyl (C=O) groups excluding carboxylic acids is 1. The summed E-state index contributed by atoms with van der Waals surface area (Å²) in [6, 6.07) is 5.19. The van der Waals surface area contributed by atoms with Gasteiger partial charge in [-0.25, -0.2) is 0 Å². The fraction of sp³-hybridized carbons (Fsp3) is 0.154. The predicted molar refractivity (Wildman–Crippen MR) is 75.0 cm³/mol. The van der Waals surface area contributed by atoms with Crippen LogP contribution in [0.15, 0.2) is 24.4 Å². The van der Waals surface area contributed by atoms with Crippen LogP contribution in [0, 0.1) is 18.8 Å². The zero-order valence-corrected chi connectivity index (χ0v) is 11.1. The molecule has 0 fully saturated rings. The number of carbonyl (C=O) groups is 1. The van der Waals surface area contributed by atoms with E-state index in [9.17, 15) is 4.79 Å². The number of thiophene rings is 1. The van der Waals surface area contributed by atoms with Gasteiger partial charge in [0.2, 0.25) is 0 Å². The molecule has 0 saturated carbocycles. The summed E-state index contributed by atoms with van der Waals surface area (Å²) in [5, 5.41) is 10.2. The van der Waals surface area contributed by atoms with Crippen LogP contribution in [0.4, 0.5) is 5.82 Å². The molecule has 96 valence electrons. The number of anilines is 1. The second kappa shape index (κ2) is 6.09. The molecular formula is C13H12N4OS. The number of nitrogens with one attached hydrogen (secondary N) is 1. The van der Waals surface area contributed by atoms with E-state index in [0.29, 0.717) is 17.2 Å². The number of hydrogen-bond donors (Lipinski definition) is 2. The van der Waals surface area contributed by atoms with Gasteiger partial charge < -0.3 is 11.1 Å². The Hall–Kier alpha value is -2.23. The Morgan fingerprint density at radius 1 is 1.58 bits per heavy atom. The fourth-order valence-corrected chi connectivity index (χ4v) is 2.34. The molecule has 0 aliphatic rings. The van der Waals surface area contributed by atoms with E-state index >= 15 is 0 Å². The van der Waals surface area contributed by atoms with Gasteiger partial charge in [0, 0.05) is 6.20 Å². The lowest BCUT2D eigenvalue weighted by molar-refractivity contribution is 0.103. The minimum Gasteiger partial charge on any atom is -0.320 e. The van der Waals surface area contributed by atoms with E-state index in [1.807, 2.05) is 6.92 Å². The van der Waals surface area contributed by atoms with E-state index in [-0.39, 0.29) is 5.91 Å². The number of aromatic nitrogens is 2. The van der Waals surface area contributed by atoms with Gasteiger partial charge in [-0.05, 0) is 30.7 Å². The second-order valence-electron chi connectivity index (χ2n) is 3.69. The van der Waals surface area contributed by atoms with Crippen molar-refractivity contribution in [1.82, 2.24) is 10.2 Å². The van der Waals surface area contributed by atoms with Crippen molar-refractivity contribution in [2.45, 2.75) is 6.92 Å². The SMILES string of the molecule is Cc1cc(C(=O)Nc2cccnn2)sc1C#CCN. The van der Waals surface area contributed by atoms with Crippen molar-refractivity contribution in [1.29, 1.82) is 0 Å². The summed E-state index contributed by atoms with van der Waals surface area (Å²) < 4.78 is 0. The molecule has 0 unspecified atom stereocenters. The minimum atomic E-state index is -0.214. The topological polar surface area (TPSA) is 80.9 Å². The first-order chi connectivity index (χ1) is 9.20. The van der Waals surface area contributed by atoms with Crippen molar-refractivity contribution in [3.05, 3.63) is 39.7 Å². The van der Waals surface area contributed by atoms with E-state index in [0.717, 1.165) is 10.4 Å². The Kier molecular flexibility index (Phi) is 4.23. The Morgan fingerprint density at radius 2 is 2.42 bits per heavy atom. The smallest absolute Gasteiger partial charge is 0.266 e. The lowest BCUT2D eigenvalue weighted by Crippen LogP contribution is -2.11. The van der Waals surface area contributed by atoms with Crippen LogP contribution in [0.1, 0.15) is 20.1 Å². The normalized spacial score (nSPS) is 9.58. The number of amides is 1. The highest BCUT2D eigenvalue weighted by Gasteiger charge is 2.12. The summed E-state index contributed by atoms with van der Waals surface area (Å²) in [5.74, 6) is 5.94. The quantitative estimate of drug-likeness (QED) is 0.810. The van der Waals surface area contributed by atoms with Crippen LogP contribution in [-0.2, 0) is 0 Å². The monoisotopic (exact) mass is 272 g/mol. The maximum absolute atomic E-state index is 12.0. The van der Waals surface area contributed by atoms with Crippen molar-refractivity contribution in [3.8, 4) is 11.8 Å². The zero-order valence-electron chi connectivity index (χ0n) is 10.3. The third-order valence-electron chi connectivity index (χ3n) is 2.26. The molecule has 0 radical (unpaired) electrons. The van der Waals surface area contributed by atoms with Gasteiger partial charge in [0.15, 0.2) is 5.82 Å². The van der Waals surface area contributed by atoms with Crippen LogP contribution in [-0.4, -0.2) is 22.6 Å². The molecule has 0 bridgehead atoms. The lowest BCUT2D eigenvalue weighted by Gasteiger charge is -1.99. The lowest BCUT2D eigenvalue weighted by atomic mass is 10.2. The molecule has 2 aromatic rings. The van der Waals surface area contributed by atoms with Crippen molar-refractivity contribution in [3.63, 3.8) is 0 Å². The molecule has 2 rings (SSSR count). The fourth-order valence-electron chi connectivity index (χ4n) is 1.40. The molecule has 0 aliphatic heterocycles. The molecule has 19 heavy (non-hydrogen) atoms. The van der Waals surface area contributed by atoms with Gasteiger partial charge in [-0.2, -0.15) is 5.10 Å². The van der Waals surface area contributed by atoms with E-state index in [4.69, 9.17) is 5.73 Å². The number of nitrogens with two attached hydrogens (primary N) is 1. The van der Waals surface area contributed by atoms with Crippen LogP contribution in [0.2, 0.25) is 0 Å². The summed E-state index contributed by atoms with van der Waals surface area (Å²) in [6.07, 6.45) is 1.55. The number of nitrogens with zero attached hydrogens (tertiary/aromatic N) is 2. The Morgan fingerprint density at radius 3 is 3.11 bits per heavy atom. The van der Waals surface area contributed by atoms with Crippen molar-refractivity contribution in [2.24, 2.45) is 5.73 Å². The van der Waals surface area contributed by atoms with Gasteiger partial charge in [-0.3, -0.25) is 4.79 Å².